The van der Waals surface area contributed by atoms with E-state index >= 15 is 0 Å². The molecule has 3 nitrogen and oxygen atoms in total. The van der Waals surface area contributed by atoms with Gasteiger partial charge in [0.1, 0.15) is 0 Å². The van der Waals surface area contributed by atoms with Gasteiger partial charge in [-0.2, -0.15) is 0 Å². The van der Waals surface area contributed by atoms with Gasteiger partial charge in [0.05, 0.1) is 0 Å². The molecule has 0 amide bonds. The molecule has 0 rings (SSSR count). The van der Waals surface area contributed by atoms with Crippen LogP contribution in [0.1, 0.15) is 20.3 Å². The second kappa shape index (κ2) is 10.9. The maximum absolute atomic E-state index is 2.66. The molecule has 0 radical (unpaired) electrons. The van der Waals surface area contributed by atoms with Crippen LogP contribution in [-0.4, -0.2) is 102 Å². The minimum atomic E-state index is -1.88. The van der Waals surface area contributed by atoms with E-state index in [1.165, 1.54) is 25.7 Å². The summed E-state index contributed by atoms with van der Waals surface area (Å²) in [4.78, 5) is 15.3. The van der Waals surface area contributed by atoms with Gasteiger partial charge in [-0.15, -0.1) is 0 Å². The zero-order valence-corrected chi connectivity index (χ0v) is 22.6. The zero-order chi connectivity index (χ0) is 19.1. The number of rotatable bonds is 12. The topological polar surface area (TPSA) is 9.72 Å². The van der Waals surface area contributed by atoms with Crippen LogP contribution in [0.5, 0.6) is 0 Å². The molecule has 1 unspecified atom stereocenters. The summed E-state index contributed by atoms with van der Waals surface area (Å²) in [5.74, 6) is 0.847. The summed E-state index contributed by atoms with van der Waals surface area (Å²) in [7, 11) is 7.70. The summed E-state index contributed by atoms with van der Waals surface area (Å²) in [5, 5.41) is 0. The van der Waals surface area contributed by atoms with Crippen LogP contribution < -0.4 is 0 Å². The Kier molecular flexibility index (Phi) is 11.3. The van der Waals surface area contributed by atoms with Crippen molar-refractivity contribution in [2.24, 2.45) is 5.92 Å². The van der Waals surface area contributed by atoms with Crippen molar-refractivity contribution in [1.29, 1.82) is 0 Å². The molecule has 0 aromatic carbocycles. The monoisotopic (exact) mass is 465 g/mol. The van der Waals surface area contributed by atoms with Crippen LogP contribution in [-0.2, 0) is 0 Å². The summed E-state index contributed by atoms with van der Waals surface area (Å²) in [6.07, 6.45) is 2.83. The van der Waals surface area contributed by atoms with Crippen molar-refractivity contribution >= 4 is 26.5 Å². The van der Waals surface area contributed by atoms with Gasteiger partial charge in [0.2, 0.25) is 0 Å². The Balaban J connectivity index is 4.59. The molecular formula is C19H47N3SiSn. The molecular weight excluding hydrogens is 417 g/mol. The first kappa shape index (κ1) is 24.9. The van der Waals surface area contributed by atoms with Crippen LogP contribution in [0, 0.1) is 5.92 Å². The molecule has 0 fully saturated rings. The van der Waals surface area contributed by atoms with E-state index in [1.807, 2.05) is 0 Å². The first-order valence-corrected chi connectivity index (χ1v) is 23.3. The van der Waals surface area contributed by atoms with E-state index in [-0.39, 0.29) is 0 Å². The van der Waals surface area contributed by atoms with Crippen molar-refractivity contribution in [2.75, 3.05) is 60.5 Å². The van der Waals surface area contributed by atoms with Gasteiger partial charge in [-0.05, 0) is 0 Å². The fourth-order valence-electron chi connectivity index (χ4n) is 4.03. The molecule has 0 saturated heterocycles. The number of hydrogen-bond donors (Lipinski definition) is 0. The summed E-state index contributed by atoms with van der Waals surface area (Å²) in [5.41, 5.74) is 0. The van der Waals surface area contributed by atoms with Gasteiger partial charge in [-0.1, -0.05) is 0 Å². The van der Waals surface area contributed by atoms with Crippen molar-refractivity contribution in [2.45, 2.75) is 51.7 Å². The van der Waals surface area contributed by atoms with Gasteiger partial charge in [-0.3, -0.25) is 0 Å². The molecule has 0 aromatic rings. The van der Waals surface area contributed by atoms with Gasteiger partial charge in [0.15, 0.2) is 0 Å². The van der Waals surface area contributed by atoms with E-state index in [0.29, 0.717) is 0 Å². The Morgan fingerprint density at radius 2 is 1.25 bits per heavy atom. The molecule has 0 aliphatic carbocycles. The fourth-order valence-corrected chi connectivity index (χ4v) is 33.5. The van der Waals surface area contributed by atoms with Crippen LogP contribution in [0.2, 0.25) is 31.5 Å². The fraction of sp³-hybridized carbons (Fsp3) is 1.00. The number of nitrogens with zero attached hydrogens (tertiary/aromatic N) is 3. The van der Waals surface area contributed by atoms with Gasteiger partial charge in [0, 0.05) is 0 Å². The molecule has 146 valence electrons. The molecule has 0 bridgehead atoms. The second-order valence-electron chi connectivity index (χ2n) is 10.4. The average Bonchev–Trinajstić information content (AvgIpc) is 2.38. The summed E-state index contributed by atoms with van der Waals surface area (Å²) in [6, 6.07) is 0. The Hall–Kier alpha value is 0.896. The Bertz CT molecular complexity index is 340. The average molecular weight is 464 g/mol. The van der Waals surface area contributed by atoms with Gasteiger partial charge in [-0.25, -0.2) is 0 Å². The van der Waals surface area contributed by atoms with Crippen LogP contribution in [0.3, 0.4) is 0 Å². The maximum atomic E-state index is 2.66. The number of likely N-dealkylation sites (N-methyl/N-ethyl adjacent to an activating group) is 3. The van der Waals surface area contributed by atoms with Crippen LogP contribution >= 0.6 is 0 Å². The molecule has 5 heteroatoms. The van der Waals surface area contributed by atoms with E-state index < -0.39 is 26.5 Å². The van der Waals surface area contributed by atoms with Crippen molar-refractivity contribution in [3.63, 3.8) is 0 Å². The molecule has 0 heterocycles. The van der Waals surface area contributed by atoms with E-state index in [4.69, 9.17) is 0 Å². The molecule has 0 spiro atoms. The Labute approximate surface area is 159 Å². The van der Waals surface area contributed by atoms with E-state index in [2.05, 4.69) is 84.7 Å². The summed E-state index contributed by atoms with van der Waals surface area (Å²) in [6.45, 7) is 14.8. The molecule has 0 aliphatic rings. The van der Waals surface area contributed by atoms with Crippen LogP contribution in [0.25, 0.3) is 0 Å². The van der Waals surface area contributed by atoms with Crippen molar-refractivity contribution in [1.82, 2.24) is 14.7 Å². The normalized spacial score (nSPS) is 15.1. The van der Waals surface area contributed by atoms with E-state index in [9.17, 15) is 0 Å². The quantitative estimate of drug-likeness (QED) is 0.405. The first-order chi connectivity index (χ1) is 10.8. The third-order valence-electron chi connectivity index (χ3n) is 5.17. The van der Waals surface area contributed by atoms with Gasteiger partial charge < -0.3 is 0 Å². The molecule has 0 saturated carbocycles. The van der Waals surface area contributed by atoms with Crippen LogP contribution in [0.4, 0.5) is 0 Å². The molecule has 1 atom stereocenters. The Morgan fingerprint density at radius 1 is 0.792 bits per heavy atom. The first-order valence-electron chi connectivity index (χ1n) is 9.77. The predicted octanol–water partition coefficient (Wildman–Crippen LogP) is 3.95. The van der Waals surface area contributed by atoms with Crippen molar-refractivity contribution in [3.8, 4) is 0 Å². The third kappa shape index (κ3) is 10.8. The zero-order valence-electron chi connectivity index (χ0n) is 18.7. The van der Waals surface area contributed by atoms with Crippen molar-refractivity contribution < 1.29 is 0 Å². The minimum absolute atomic E-state index is 0.847. The molecule has 0 N–H and O–H groups in total. The summed E-state index contributed by atoms with van der Waals surface area (Å²) < 4.78 is 1.08. The van der Waals surface area contributed by atoms with Gasteiger partial charge in [0.25, 0.3) is 0 Å². The summed E-state index contributed by atoms with van der Waals surface area (Å²) >= 11 is -1.88. The SMILES string of the molecule is CC(C)C[CH]([Si](C)(C)CN(C)CCN(C)CCN(C)C)[Sn]([CH3])([CH3])[CH3]. The second-order valence-corrected chi connectivity index (χ2v) is 32.5. The Morgan fingerprint density at radius 3 is 1.67 bits per heavy atom. The predicted molar refractivity (Wildman–Crippen MR) is 118 cm³/mol. The standard InChI is InChI=1S/C16H38N3Si.3CH3.Sn/c1-16(2)9-14-20(7,8)15-19(6)13-12-18(5)11-10-17(3)4;;;;/h14,16H,9-13,15H2,1-8H3;3*1H3;. The van der Waals surface area contributed by atoms with Crippen LogP contribution in [0.15, 0.2) is 0 Å². The van der Waals surface area contributed by atoms with Gasteiger partial charge >= 0.3 is 159 Å². The van der Waals surface area contributed by atoms with Crippen molar-refractivity contribution in [3.05, 3.63) is 0 Å². The number of hydrogen-bond acceptors (Lipinski definition) is 3. The van der Waals surface area contributed by atoms with E-state index in [0.717, 1.165) is 22.6 Å². The molecule has 24 heavy (non-hydrogen) atoms. The van der Waals surface area contributed by atoms with E-state index in [1.54, 1.807) is 0 Å². The third-order valence-corrected chi connectivity index (χ3v) is 27.8. The molecule has 0 aromatic heterocycles. The molecule has 0 aliphatic heterocycles.